The summed E-state index contributed by atoms with van der Waals surface area (Å²) >= 11 is 0. The Morgan fingerprint density at radius 1 is 1.35 bits per heavy atom. The van der Waals surface area contributed by atoms with Gasteiger partial charge in [0.05, 0.1) is 17.9 Å². The van der Waals surface area contributed by atoms with E-state index in [1.54, 1.807) is 22.2 Å². The molecule has 6 heteroatoms. The van der Waals surface area contributed by atoms with Crippen molar-refractivity contribution in [1.29, 1.82) is 0 Å². The zero-order valence-corrected chi connectivity index (χ0v) is 13.5. The second-order valence-corrected chi connectivity index (χ2v) is 5.93. The lowest BCUT2D eigenvalue weighted by atomic mass is 10.2. The molecule has 3 rings (SSSR count). The Morgan fingerprint density at radius 3 is 2.87 bits per heavy atom. The van der Waals surface area contributed by atoms with E-state index in [0.717, 1.165) is 11.9 Å². The summed E-state index contributed by atoms with van der Waals surface area (Å²) in [6.07, 6.45) is 2.45. The first-order valence-electron chi connectivity index (χ1n) is 7.73. The summed E-state index contributed by atoms with van der Waals surface area (Å²) in [5.41, 5.74) is 1.73. The molecule has 2 aromatic heterocycles. The number of rotatable bonds is 5. The van der Waals surface area contributed by atoms with Crippen LogP contribution in [0.4, 0.5) is 4.39 Å². The van der Waals surface area contributed by atoms with Gasteiger partial charge in [-0.3, -0.25) is 9.36 Å². The van der Waals surface area contributed by atoms with Gasteiger partial charge >= 0.3 is 0 Å². The minimum atomic E-state index is -0.332. The van der Waals surface area contributed by atoms with E-state index in [4.69, 9.17) is 4.74 Å². The highest BCUT2D eigenvalue weighted by Gasteiger charge is 2.14. The van der Waals surface area contributed by atoms with Crippen LogP contribution in [0.5, 0.6) is 0 Å². The van der Waals surface area contributed by atoms with Crippen LogP contribution in [0.3, 0.4) is 0 Å². The Morgan fingerprint density at radius 2 is 2.13 bits per heavy atom. The Bertz CT molecular complexity index is 911. The van der Waals surface area contributed by atoms with Gasteiger partial charge in [0.2, 0.25) is 0 Å². The molecule has 0 unspecified atom stereocenters. The van der Waals surface area contributed by atoms with Crippen molar-refractivity contribution in [3.63, 3.8) is 0 Å². The summed E-state index contributed by atoms with van der Waals surface area (Å²) in [5, 5.41) is 0.662. The van der Waals surface area contributed by atoms with E-state index in [1.807, 2.05) is 13.8 Å². The first-order valence-corrected chi connectivity index (χ1v) is 7.73. The van der Waals surface area contributed by atoms with Crippen LogP contribution < -0.4 is 5.56 Å². The Labute approximate surface area is 133 Å². The molecule has 5 nitrogen and oxygen atoms in total. The second-order valence-electron chi connectivity index (χ2n) is 5.93. The predicted molar refractivity (Wildman–Crippen MR) is 88.1 cm³/mol. The fourth-order valence-corrected chi connectivity index (χ4v) is 2.80. The number of hydrogen-bond donors (Lipinski definition) is 0. The van der Waals surface area contributed by atoms with E-state index >= 15 is 0 Å². The number of hydrogen-bond acceptors (Lipinski definition) is 3. The van der Waals surface area contributed by atoms with Crippen LogP contribution in [0.2, 0.25) is 0 Å². The van der Waals surface area contributed by atoms with Crippen LogP contribution in [0.25, 0.3) is 21.9 Å². The smallest absolute Gasteiger partial charge is 0.277 e. The number of nitrogens with zero attached hydrogens (tertiary/aromatic N) is 3. The molecule has 0 saturated heterocycles. The quantitative estimate of drug-likeness (QED) is 0.680. The van der Waals surface area contributed by atoms with Crippen LogP contribution in [0, 0.1) is 5.82 Å². The standard InChI is InChI=1S/C17H20FN3O2/c1-11(2)23-8-4-7-21-10-19-15-13-9-12(18)5-6-14(13)20(3)16(15)17(21)22/h5-6,9-11H,4,7-8H2,1-3H3. The predicted octanol–water partition coefficient (Wildman–Crippen LogP) is 2.84. The van der Waals surface area contributed by atoms with Gasteiger partial charge in [0.1, 0.15) is 16.9 Å². The second kappa shape index (κ2) is 6.12. The van der Waals surface area contributed by atoms with Crippen molar-refractivity contribution in [3.05, 3.63) is 40.7 Å². The van der Waals surface area contributed by atoms with Crippen molar-refractivity contribution in [2.75, 3.05) is 6.61 Å². The maximum atomic E-state index is 13.5. The summed E-state index contributed by atoms with van der Waals surface area (Å²) in [6.45, 7) is 5.11. The van der Waals surface area contributed by atoms with Crippen molar-refractivity contribution in [2.24, 2.45) is 7.05 Å². The van der Waals surface area contributed by atoms with Crippen LogP contribution in [-0.2, 0) is 18.3 Å². The first-order chi connectivity index (χ1) is 11.0. The highest BCUT2D eigenvalue weighted by atomic mass is 19.1. The molecule has 0 aliphatic rings. The average Bonchev–Trinajstić information content (AvgIpc) is 2.78. The zero-order valence-electron chi connectivity index (χ0n) is 13.5. The third-order valence-electron chi connectivity index (χ3n) is 3.92. The molecule has 0 spiro atoms. The van der Waals surface area contributed by atoms with Crippen molar-refractivity contribution >= 4 is 21.9 Å². The van der Waals surface area contributed by atoms with Gasteiger partial charge < -0.3 is 9.30 Å². The lowest BCUT2D eigenvalue weighted by Crippen LogP contribution is -2.23. The first kappa shape index (κ1) is 15.7. The molecule has 0 saturated carbocycles. The molecule has 0 N–H and O–H groups in total. The molecule has 0 aliphatic heterocycles. The van der Waals surface area contributed by atoms with Gasteiger partial charge in [-0.05, 0) is 38.5 Å². The fourth-order valence-electron chi connectivity index (χ4n) is 2.80. The van der Waals surface area contributed by atoms with Gasteiger partial charge in [-0.1, -0.05) is 0 Å². The summed E-state index contributed by atoms with van der Waals surface area (Å²) in [5.74, 6) is -0.332. The molecule has 0 fully saturated rings. The van der Waals surface area contributed by atoms with Crippen LogP contribution >= 0.6 is 0 Å². The minimum Gasteiger partial charge on any atom is -0.379 e. The number of benzene rings is 1. The van der Waals surface area contributed by atoms with E-state index in [-0.39, 0.29) is 17.5 Å². The highest BCUT2D eigenvalue weighted by molar-refractivity contribution is 6.05. The molecule has 122 valence electrons. The number of ether oxygens (including phenoxy) is 1. The van der Waals surface area contributed by atoms with E-state index in [1.165, 1.54) is 18.5 Å². The molecule has 0 aliphatic carbocycles. The minimum absolute atomic E-state index is 0.112. The maximum Gasteiger partial charge on any atom is 0.277 e. The van der Waals surface area contributed by atoms with Gasteiger partial charge in [-0.2, -0.15) is 0 Å². The highest BCUT2D eigenvalue weighted by Crippen LogP contribution is 2.24. The van der Waals surface area contributed by atoms with E-state index in [2.05, 4.69) is 4.98 Å². The molecule has 0 radical (unpaired) electrons. The van der Waals surface area contributed by atoms with E-state index < -0.39 is 0 Å². The van der Waals surface area contributed by atoms with Gasteiger partial charge in [0, 0.05) is 25.6 Å². The Balaban J connectivity index is 2.00. The number of aromatic nitrogens is 3. The number of halogens is 1. The summed E-state index contributed by atoms with van der Waals surface area (Å²) in [6, 6.07) is 4.49. The third kappa shape index (κ3) is 2.86. The fraction of sp³-hybridized carbons (Fsp3) is 0.412. The van der Waals surface area contributed by atoms with Crippen molar-refractivity contribution in [3.8, 4) is 0 Å². The molecule has 0 atom stereocenters. The van der Waals surface area contributed by atoms with Crippen LogP contribution in [-0.4, -0.2) is 26.8 Å². The molecule has 2 heterocycles. The van der Waals surface area contributed by atoms with Crippen molar-refractivity contribution < 1.29 is 9.13 Å². The topological polar surface area (TPSA) is 49.0 Å². The molecular formula is C17H20FN3O2. The summed E-state index contributed by atoms with van der Waals surface area (Å²) in [4.78, 5) is 17.1. The molecule has 0 amide bonds. The SMILES string of the molecule is CC(C)OCCCn1cnc2c3cc(F)ccc3n(C)c2c1=O. The number of fused-ring (bicyclic) bond motifs is 3. The lowest BCUT2D eigenvalue weighted by molar-refractivity contribution is 0.0747. The van der Waals surface area contributed by atoms with Gasteiger partial charge in [-0.15, -0.1) is 0 Å². The van der Waals surface area contributed by atoms with Gasteiger partial charge in [0.15, 0.2) is 0 Å². The largest absolute Gasteiger partial charge is 0.379 e. The van der Waals surface area contributed by atoms with E-state index in [9.17, 15) is 9.18 Å². The third-order valence-corrected chi connectivity index (χ3v) is 3.92. The molecule has 23 heavy (non-hydrogen) atoms. The Hall–Kier alpha value is -2.21. The normalized spacial score (nSPS) is 11.9. The maximum absolute atomic E-state index is 13.5. The molecule has 0 bridgehead atoms. The zero-order chi connectivity index (χ0) is 16.6. The molecule has 1 aromatic carbocycles. The van der Waals surface area contributed by atoms with Crippen molar-refractivity contribution in [1.82, 2.24) is 14.1 Å². The Kier molecular flexibility index (Phi) is 4.17. The summed E-state index contributed by atoms with van der Waals surface area (Å²) < 4.78 is 22.3. The van der Waals surface area contributed by atoms with Crippen LogP contribution in [0.15, 0.2) is 29.3 Å². The van der Waals surface area contributed by atoms with Gasteiger partial charge in [-0.25, -0.2) is 9.37 Å². The molecular weight excluding hydrogens is 297 g/mol. The lowest BCUT2D eigenvalue weighted by Gasteiger charge is -2.08. The average molecular weight is 317 g/mol. The van der Waals surface area contributed by atoms with Crippen molar-refractivity contribution in [2.45, 2.75) is 32.9 Å². The van der Waals surface area contributed by atoms with Crippen LogP contribution in [0.1, 0.15) is 20.3 Å². The summed E-state index contributed by atoms with van der Waals surface area (Å²) in [7, 11) is 1.80. The molecule has 3 aromatic rings. The van der Waals surface area contributed by atoms with Gasteiger partial charge in [0.25, 0.3) is 5.56 Å². The monoisotopic (exact) mass is 317 g/mol. The number of aryl methyl sites for hydroxylation is 2. The van der Waals surface area contributed by atoms with E-state index in [0.29, 0.717) is 29.6 Å².